The number of nitrogens with zero attached hydrogens (tertiary/aromatic N) is 1. The molecule has 0 atom stereocenters. The van der Waals surface area contributed by atoms with E-state index in [2.05, 4.69) is 5.32 Å². The van der Waals surface area contributed by atoms with Gasteiger partial charge in [0.1, 0.15) is 0 Å². The van der Waals surface area contributed by atoms with Crippen molar-refractivity contribution in [2.75, 3.05) is 13.7 Å². The van der Waals surface area contributed by atoms with Crippen LogP contribution in [0.5, 0.6) is 5.75 Å². The summed E-state index contributed by atoms with van der Waals surface area (Å²) in [6, 6.07) is 5.56. The van der Waals surface area contributed by atoms with E-state index in [0.717, 1.165) is 5.56 Å². The van der Waals surface area contributed by atoms with E-state index in [1.165, 1.54) is 18.9 Å². The fourth-order valence-corrected chi connectivity index (χ4v) is 1.85. The molecule has 1 aliphatic rings. The maximum atomic E-state index is 13.9. The van der Waals surface area contributed by atoms with Crippen molar-refractivity contribution in [1.82, 2.24) is 10.2 Å². The average molecular weight is 294 g/mol. The van der Waals surface area contributed by atoms with Gasteiger partial charge in [0.15, 0.2) is 18.2 Å². The van der Waals surface area contributed by atoms with Crippen molar-refractivity contribution < 1.29 is 13.9 Å². The van der Waals surface area contributed by atoms with Crippen LogP contribution >= 0.6 is 0 Å². The van der Waals surface area contributed by atoms with Gasteiger partial charge in [-0.2, -0.15) is 0 Å². The predicted molar refractivity (Wildman–Crippen MR) is 79.7 cm³/mol. The van der Waals surface area contributed by atoms with Gasteiger partial charge in [-0.1, -0.05) is 6.07 Å². The number of hydrogen-bond acceptors (Lipinski definition) is 3. The zero-order valence-corrected chi connectivity index (χ0v) is 12.9. The molecule has 0 spiro atoms. The molecule has 5 heteroatoms. The van der Waals surface area contributed by atoms with Crippen LogP contribution in [0.2, 0.25) is 0 Å². The van der Waals surface area contributed by atoms with Crippen molar-refractivity contribution in [2.24, 2.45) is 0 Å². The van der Waals surface area contributed by atoms with Gasteiger partial charge in [-0.05, 0) is 44.4 Å². The smallest absolute Gasteiger partial charge is 0.260 e. The fraction of sp³-hybridized carbons (Fsp3) is 0.562. The van der Waals surface area contributed by atoms with E-state index in [-0.39, 0.29) is 24.3 Å². The Labute approximate surface area is 125 Å². The first kappa shape index (κ1) is 15.8. The highest BCUT2D eigenvalue weighted by Crippen LogP contribution is 2.21. The number of rotatable bonds is 7. The lowest BCUT2D eigenvalue weighted by molar-refractivity contribution is -0.133. The van der Waals surface area contributed by atoms with E-state index in [1.807, 2.05) is 19.9 Å². The Morgan fingerprint density at radius 2 is 2.19 bits per heavy atom. The minimum absolute atomic E-state index is 0.0989. The molecule has 1 amide bonds. The first-order valence-electron chi connectivity index (χ1n) is 7.37. The van der Waals surface area contributed by atoms with Gasteiger partial charge in [0.2, 0.25) is 0 Å². The third-order valence-electron chi connectivity index (χ3n) is 3.69. The lowest BCUT2D eigenvalue weighted by Crippen LogP contribution is -2.36. The first-order chi connectivity index (χ1) is 9.97. The summed E-state index contributed by atoms with van der Waals surface area (Å²) in [7, 11) is 1.71. The zero-order valence-electron chi connectivity index (χ0n) is 12.9. The quantitative estimate of drug-likeness (QED) is 0.839. The molecule has 0 heterocycles. The second-order valence-electron chi connectivity index (χ2n) is 5.81. The molecule has 1 saturated carbocycles. The predicted octanol–water partition coefficient (Wildman–Crippen LogP) is 2.32. The maximum absolute atomic E-state index is 13.9. The Morgan fingerprint density at radius 1 is 1.48 bits per heavy atom. The molecule has 1 N–H and O–H groups in total. The van der Waals surface area contributed by atoms with Crippen LogP contribution in [0.1, 0.15) is 32.3 Å². The molecule has 0 radical (unpaired) electrons. The molecular weight excluding hydrogens is 271 g/mol. The van der Waals surface area contributed by atoms with Gasteiger partial charge in [-0.25, -0.2) is 4.39 Å². The number of halogens is 1. The second-order valence-corrected chi connectivity index (χ2v) is 5.81. The fourth-order valence-electron chi connectivity index (χ4n) is 1.85. The standard InChI is InChI=1S/C16H23FN2O2/c1-11(2)19(3)16(20)10-21-15-7-4-12(8-14(15)17)9-18-13-5-6-13/h4,7-8,11,13,18H,5-6,9-10H2,1-3H3. The molecule has 1 aromatic rings. The molecule has 0 bridgehead atoms. The van der Waals surface area contributed by atoms with Gasteiger partial charge in [0, 0.05) is 25.7 Å². The number of ether oxygens (including phenoxy) is 1. The van der Waals surface area contributed by atoms with E-state index in [1.54, 1.807) is 18.0 Å². The maximum Gasteiger partial charge on any atom is 0.260 e. The number of likely N-dealkylation sites (N-methyl/N-ethyl adjacent to an activating group) is 1. The summed E-state index contributed by atoms with van der Waals surface area (Å²) >= 11 is 0. The summed E-state index contributed by atoms with van der Waals surface area (Å²) in [6.07, 6.45) is 2.41. The first-order valence-corrected chi connectivity index (χ1v) is 7.37. The molecule has 0 aromatic heterocycles. The van der Waals surface area contributed by atoms with Gasteiger partial charge >= 0.3 is 0 Å². The number of nitrogens with one attached hydrogen (secondary N) is 1. The van der Waals surface area contributed by atoms with E-state index in [4.69, 9.17) is 4.74 Å². The minimum Gasteiger partial charge on any atom is -0.481 e. The molecule has 21 heavy (non-hydrogen) atoms. The molecule has 1 aromatic carbocycles. The highest BCUT2D eigenvalue weighted by molar-refractivity contribution is 5.77. The van der Waals surface area contributed by atoms with Gasteiger partial charge in [-0.3, -0.25) is 4.79 Å². The summed E-state index contributed by atoms with van der Waals surface area (Å²) in [5, 5.41) is 3.33. The van der Waals surface area contributed by atoms with E-state index < -0.39 is 5.82 Å². The van der Waals surface area contributed by atoms with Crippen LogP contribution in [-0.2, 0) is 11.3 Å². The zero-order chi connectivity index (χ0) is 15.4. The lowest BCUT2D eigenvalue weighted by Gasteiger charge is -2.21. The molecule has 4 nitrogen and oxygen atoms in total. The highest BCUT2D eigenvalue weighted by Gasteiger charge is 2.20. The van der Waals surface area contributed by atoms with Crippen LogP contribution in [0.25, 0.3) is 0 Å². The van der Waals surface area contributed by atoms with Crippen LogP contribution in [0.4, 0.5) is 4.39 Å². The van der Waals surface area contributed by atoms with E-state index in [0.29, 0.717) is 12.6 Å². The molecule has 116 valence electrons. The Bertz CT molecular complexity index is 501. The van der Waals surface area contributed by atoms with Crippen molar-refractivity contribution in [1.29, 1.82) is 0 Å². The van der Waals surface area contributed by atoms with E-state index in [9.17, 15) is 9.18 Å². The second kappa shape index (κ2) is 6.89. The van der Waals surface area contributed by atoms with Crippen LogP contribution < -0.4 is 10.1 Å². The molecule has 2 rings (SSSR count). The van der Waals surface area contributed by atoms with Crippen molar-refractivity contribution in [3.8, 4) is 5.75 Å². The Kier molecular flexibility index (Phi) is 5.17. The van der Waals surface area contributed by atoms with Crippen LogP contribution in [0.3, 0.4) is 0 Å². The molecule has 0 saturated heterocycles. The van der Waals surface area contributed by atoms with Crippen molar-refractivity contribution in [3.05, 3.63) is 29.6 Å². The van der Waals surface area contributed by atoms with Crippen molar-refractivity contribution >= 4 is 5.91 Å². The molecule has 1 aliphatic carbocycles. The Balaban J connectivity index is 1.86. The highest BCUT2D eigenvalue weighted by atomic mass is 19.1. The number of hydrogen-bond donors (Lipinski definition) is 1. The third-order valence-corrected chi connectivity index (χ3v) is 3.69. The molecule has 0 unspecified atom stereocenters. The van der Waals surface area contributed by atoms with Crippen molar-refractivity contribution in [3.63, 3.8) is 0 Å². The Hall–Kier alpha value is -1.62. The normalized spacial score (nSPS) is 14.3. The molecule has 0 aliphatic heterocycles. The molecule has 1 fully saturated rings. The summed E-state index contributed by atoms with van der Waals surface area (Å²) in [4.78, 5) is 13.4. The lowest BCUT2D eigenvalue weighted by atomic mass is 10.2. The summed E-state index contributed by atoms with van der Waals surface area (Å²) in [5.41, 5.74) is 0.886. The number of benzene rings is 1. The van der Waals surface area contributed by atoms with Crippen LogP contribution in [0, 0.1) is 5.82 Å². The van der Waals surface area contributed by atoms with Gasteiger partial charge in [-0.15, -0.1) is 0 Å². The van der Waals surface area contributed by atoms with E-state index >= 15 is 0 Å². The van der Waals surface area contributed by atoms with Crippen LogP contribution in [-0.4, -0.2) is 36.5 Å². The SMILES string of the molecule is CC(C)N(C)C(=O)COc1ccc(CNC2CC2)cc1F. The number of carbonyl (C=O) groups is 1. The monoisotopic (exact) mass is 294 g/mol. The largest absolute Gasteiger partial charge is 0.481 e. The summed E-state index contributed by atoms with van der Waals surface area (Å²) in [6.45, 7) is 4.35. The van der Waals surface area contributed by atoms with Gasteiger partial charge in [0.25, 0.3) is 5.91 Å². The number of carbonyl (C=O) groups excluding carboxylic acids is 1. The minimum atomic E-state index is -0.426. The third kappa shape index (κ3) is 4.70. The van der Waals surface area contributed by atoms with Gasteiger partial charge < -0.3 is 15.0 Å². The average Bonchev–Trinajstić information content (AvgIpc) is 3.27. The van der Waals surface area contributed by atoms with Crippen LogP contribution in [0.15, 0.2) is 18.2 Å². The summed E-state index contributed by atoms with van der Waals surface area (Å²) < 4.78 is 19.2. The summed E-state index contributed by atoms with van der Waals surface area (Å²) in [5.74, 6) is -0.468. The molecular formula is C16H23FN2O2. The number of amides is 1. The Morgan fingerprint density at radius 3 is 2.76 bits per heavy atom. The van der Waals surface area contributed by atoms with Gasteiger partial charge in [0.05, 0.1) is 0 Å². The van der Waals surface area contributed by atoms with Crippen molar-refractivity contribution in [2.45, 2.75) is 45.3 Å². The topological polar surface area (TPSA) is 41.6 Å².